The molecule has 1 heterocycles. The third-order valence-electron chi connectivity index (χ3n) is 2.62. The highest BCUT2D eigenvalue weighted by atomic mass is 32.2. The van der Waals surface area contributed by atoms with Gasteiger partial charge in [0.2, 0.25) is 0 Å². The molecule has 98 valence electrons. The maximum absolute atomic E-state index is 12.0. The number of thioether (sulfide) groups is 1. The van der Waals surface area contributed by atoms with Gasteiger partial charge >= 0.3 is 12.0 Å². The standard InChI is InChI=1S/C10H18N2O4S/c1-11(3-5-16-2)10(15)12-4-6-17-7-8(12)9(13)14/h8H,3-7H2,1-2H3,(H,13,14). The molecule has 0 aromatic heterocycles. The van der Waals surface area contributed by atoms with Gasteiger partial charge in [0, 0.05) is 38.8 Å². The first-order chi connectivity index (χ1) is 8.07. The minimum atomic E-state index is -0.939. The zero-order valence-corrected chi connectivity index (χ0v) is 10.9. The quantitative estimate of drug-likeness (QED) is 0.783. The Hall–Kier alpha value is -0.950. The van der Waals surface area contributed by atoms with E-state index in [1.54, 1.807) is 25.9 Å². The van der Waals surface area contributed by atoms with Gasteiger partial charge < -0.3 is 19.6 Å². The van der Waals surface area contributed by atoms with Gasteiger partial charge in [0.05, 0.1) is 6.61 Å². The van der Waals surface area contributed by atoms with Gasteiger partial charge in [0.25, 0.3) is 0 Å². The second-order valence-corrected chi connectivity index (χ2v) is 4.97. The molecule has 1 unspecified atom stereocenters. The summed E-state index contributed by atoms with van der Waals surface area (Å²) in [6.45, 7) is 1.39. The van der Waals surface area contributed by atoms with Crippen LogP contribution in [0.4, 0.5) is 4.79 Å². The molecule has 0 aromatic rings. The Bertz CT molecular complexity index is 287. The van der Waals surface area contributed by atoms with Crippen LogP contribution in [0.1, 0.15) is 0 Å². The van der Waals surface area contributed by atoms with Crippen LogP contribution in [0.5, 0.6) is 0 Å². The Morgan fingerprint density at radius 1 is 1.59 bits per heavy atom. The third-order valence-corrected chi connectivity index (χ3v) is 3.64. The molecule has 0 bridgehead atoms. The van der Waals surface area contributed by atoms with E-state index >= 15 is 0 Å². The zero-order chi connectivity index (χ0) is 12.8. The lowest BCUT2D eigenvalue weighted by Crippen LogP contribution is -2.54. The molecular weight excluding hydrogens is 244 g/mol. The van der Waals surface area contributed by atoms with Crippen LogP contribution < -0.4 is 0 Å². The summed E-state index contributed by atoms with van der Waals surface area (Å²) in [6, 6.07) is -0.957. The summed E-state index contributed by atoms with van der Waals surface area (Å²) in [5.41, 5.74) is 0. The number of ether oxygens (including phenoxy) is 1. The molecule has 1 saturated heterocycles. The van der Waals surface area contributed by atoms with E-state index in [2.05, 4.69) is 0 Å². The molecule has 1 N–H and O–H groups in total. The van der Waals surface area contributed by atoms with E-state index < -0.39 is 12.0 Å². The monoisotopic (exact) mass is 262 g/mol. The number of carboxylic acid groups (broad SMARTS) is 1. The van der Waals surface area contributed by atoms with Gasteiger partial charge in [-0.25, -0.2) is 9.59 Å². The molecule has 0 aromatic carbocycles. The number of nitrogens with zero attached hydrogens (tertiary/aromatic N) is 2. The smallest absolute Gasteiger partial charge is 0.327 e. The molecule has 17 heavy (non-hydrogen) atoms. The fourth-order valence-corrected chi connectivity index (χ4v) is 2.62. The maximum Gasteiger partial charge on any atom is 0.327 e. The van der Waals surface area contributed by atoms with E-state index in [0.29, 0.717) is 25.4 Å². The van der Waals surface area contributed by atoms with Crippen LogP contribution in [0.3, 0.4) is 0 Å². The lowest BCUT2D eigenvalue weighted by atomic mass is 10.3. The molecule has 1 fully saturated rings. The molecular formula is C10H18N2O4S. The van der Waals surface area contributed by atoms with Crippen LogP contribution in [-0.2, 0) is 9.53 Å². The van der Waals surface area contributed by atoms with Gasteiger partial charge in [-0.05, 0) is 0 Å². The molecule has 1 atom stereocenters. The predicted octanol–water partition coefficient (Wildman–Crippen LogP) is 0.187. The highest BCUT2D eigenvalue weighted by Crippen LogP contribution is 2.18. The first kappa shape index (κ1) is 14.1. The highest BCUT2D eigenvalue weighted by molar-refractivity contribution is 7.99. The van der Waals surface area contributed by atoms with Gasteiger partial charge in [-0.1, -0.05) is 0 Å². The van der Waals surface area contributed by atoms with Crippen molar-refractivity contribution >= 4 is 23.8 Å². The lowest BCUT2D eigenvalue weighted by Gasteiger charge is -2.35. The van der Waals surface area contributed by atoms with Crippen molar-refractivity contribution in [1.29, 1.82) is 0 Å². The number of aliphatic carboxylic acids is 1. The normalized spacial score (nSPS) is 20.1. The molecule has 0 radical (unpaired) electrons. The molecule has 2 amide bonds. The first-order valence-corrected chi connectivity index (χ1v) is 6.54. The summed E-state index contributed by atoms with van der Waals surface area (Å²) >= 11 is 1.56. The Labute approximate surface area is 105 Å². The number of hydrogen-bond acceptors (Lipinski definition) is 4. The first-order valence-electron chi connectivity index (χ1n) is 5.39. The zero-order valence-electron chi connectivity index (χ0n) is 10.1. The molecule has 6 nitrogen and oxygen atoms in total. The predicted molar refractivity (Wildman–Crippen MR) is 65.4 cm³/mol. The summed E-state index contributed by atoms with van der Waals surface area (Å²) in [5, 5.41) is 9.06. The van der Waals surface area contributed by atoms with Crippen molar-refractivity contribution in [2.75, 3.05) is 45.4 Å². The SMILES string of the molecule is COCCN(C)C(=O)N1CCSCC1C(=O)O. The Morgan fingerprint density at radius 3 is 2.88 bits per heavy atom. The van der Waals surface area contributed by atoms with Crippen LogP contribution in [0.15, 0.2) is 0 Å². The van der Waals surface area contributed by atoms with E-state index in [9.17, 15) is 9.59 Å². The van der Waals surface area contributed by atoms with Gasteiger partial charge in [-0.15, -0.1) is 0 Å². The number of urea groups is 1. The number of carbonyl (C=O) groups is 2. The fraction of sp³-hybridized carbons (Fsp3) is 0.800. The van der Waals surface area contributed by atoms with Crippen molar-refractivity contribution in [3.8, 4) is 0 Å². The summed E-state index contributed by atoms with van der Waals surface area (Å²) < 4.78 is 4.89. The van der Waals surface area contributed by atoms with Gasteiger partial charge in [0.15, 0.2) is 0 Å². The Balaban J connectivity index is 2.61. The molecule has 7 heteroatoms. The van der Waals surface area contributed by atoms with E-state index in [1.807, 2.05) is 0 Å². The van der Waals surface area contributed by atoms with Crippen LogP contribution >= 0.6 is 11.8 Å². The third kappa shape index (κ3) is 3.78. The number of carboxylic acids is 1. The number of methoxy groups -OCH3 is 1. The number of hydrogen-bond donors (Lipinski definition) is 1. The molecule has 0 aliphatic carbocycles. The maximum atomic E-state index is 12.0. The van der Waals surface area contributed by atoms with Gasteiger partial charge in [-0.3, -0.25) is 0 Å². The van der Waals surface area contributed by atoms with Gasteiger partial charge in [-0.2, -0.15) is 11.8 Å². The summed E-state index contributed by atoms with van der Waals surface area (Å²) in [4.78, 5) is 26.0. The minimum Gasteiger partial charge on any atom is -0.480 e. The summed E-state index contributed by atoms with van der Waals surface area (Å²) in [7, 11) is 3.22. The van der Waals surface area contributed by atoms with E-state index in [-0.39, 0.29) is 6.03 Å². The average Bonchev–Trinajstić information content (AvgIpc) is 2.34. The van der Waals surface area contributed by atoms with Crippen LogP contribution in [0, 0.1) is 0 Å². The van der Waals surface area contributed by atoms with E-state index in [0.717, 1.165) is 5.75 Å². The van der Waals surface area contributed by atoms with Crippen molar-refractivity contribution in [1.82, 2.24) is 9.80 Å². The van der Waals surface area contributed by atoms with Gasteiger partial charge in [0.1, 0.15) is 6.04 Å². The number of amides is 2. The Morgan fingerprint density at radius 2 is 2.29 bits per heavy atom. The summed E-state index contributed by atoms with van der Waals surface area (Å²) in [6.07, 6.45) is 0. The second-order valence-electron chi connectivity index (χ2n) is 3.82. The second kappa shape index (κ2) is 6.70. The number of rotatable bonds is 4. The minimum absolute atomic E-state index is 0.241. The van der Waals surface area contributed by atoms with Crippen molar-refractivity contribution in [2.24, 2.45) is 0 Å². The fourth-order valence-electron chi connectivity index (χ4n) is 1.58. The highest BCUT2D eigenvalue weighted by Gasteiger charge is 2.33. The molecule has 1 rings (SSSR count). The largest absolute Gasteiger partial charge is 0.480 e. The number of likely N-dealkylation sites (N-methyl/N-ethyl adjacent to an activating group) is 1. The van der Waals surface area contributed by atoms with E-state index in [4.69, 9.17) is 9.84 Å². The van der Waals surface area contributed by atoms with Crippen LogP contribution in [0.25, 0.3) is 0 Å². The van der Waals surface area contributed by atoms with Crippen molar-refractivity contribution in [3.63, 3.8) is 0 Å². The topological polar surface area (TPSA) is 70.1 Å². The molecule has 0 saturated carbocycles. The van der Waals surface area contributed by atoms with Crippen LogP contribution in [0.2, 0.25) is 0 Å². The molecule has 1 aliphatic rings. The average molecular weight is 262 g/mol. The van der Waals surface area contributed by atoms with Crippen molar-refractivity contribution in [3.05, 3.63) is 0 Å². The van der Waals surface area contributed by atoms with Crippen molar-refractivity contribution < 1.29 is 19.4 Å². The molecule has 1 aliphatic heterocycles. The lowest BCUT2D eigenvalue weighted by molar-refractivity contribution is -0.141. The van der Waals surface area contributed by atoms with E-state index in [1.165, 1.54) is 9.80 Å². The Kier molecular flexibility index (Phi) is 5.57. The molecule has 0 spiro atoms. The van der Waals surface area contributed by atoms with Crippen molar-refractivity contribution in [2.45, 2.75) is 6.04 Å². The van der Waals surface area contributed by atoms with Crippen LogP contribution in [-0.4, -0.2) is 78.3 Å². The summed E-state index contributed by atoms with van der Waals surface area (Å²) in [5.74, 6) is 0.304. The number of carbonyl (C=O) groups excluding carboxylic acids is 1.